The number of sulfonamides is 1. The summed E-state index contributed by atoms with van der Waals surface area (Å²) in [7, 11) is -2.37. The second-order valence-corrected chi connectivity index (χ2v) is 9.80. The Morgan fingerprint density at radius 1 is 1.30 bits per heavy atom. The molecule has 1 saturated heterocycles. The number of ether oxygens (including phenoxy) is 1. The number of para-hydroxylation sites is 2. The van der Waals surface area contributed by atoms with E-state index in [0.29, 0.717) is 25.8 Å². The van der Waals surface area contributed by atoms with Gasteiger partial charge in [-0.05, 0) is 38.0 Å². The lowest BCUT2D eigenvalue weighted by molar-refractivity contribution is -0.124. The van der Waals surface area contributed by atoms with Gasteiger partial charge in [0, 0.05) is 32.8 Å². The van der Waals surface area contributed by atoms with Gasteiger partial charge in [-0.3, -0.25) is 4.79 Å². The number of nitrogens with zero attached hydrogens (tertiary/aromatic N) is 3. The molecule has 0 bridgehead atoms. The Kier molecular flexibility index (Phi) is 6.52. The molecule has 11 heteroatoms. The zero-order chi connectivity index (χ0) is 23.6. The minimum atomic E-state index is -3.95. The molecule has 1 aliphatic rings. The molecule has 33 heavy (non-hydrogen) atoms. The van der Waals surface area contributed by atoms with Crippen molar-refractivity contribution >= 4 is 32.9 Å². The number of aromatic amines is 1. The molecule has 176 valence electrons. The van der Waals surface area contributed by atoms with Gasteiger partial charge in [0.15, 0.2) is 0 Å². The third-order valence-corrected chi connectivity index (χ3v) is 7.55. The molecule has 0 aliphatic carbocycles. The lowest BCUT2D eigenvalue weighted by Gasteiger charge is -2.22. The SMILES string of the molecule is CCOC(=O)c1cc(S(=O)(=O)N2CCCC2C(=O)NCCc2nc3ccccc3[nH]2)cn1C. The molecule has 1 unspecified atom stereocenters. The standard InChI is InChI=1S/C22H27N5O5S/c1-3-32-22(29)19-13-15(14-26(19)2)33(30,31)27-12-6-9-18(27)21(28)23-11-10-20-24-16-7-4-5-8-17(16)25-20/h4-5,7-8,13-14,18H,3,6,9-12H2,1-2H3,(H,23,28)(H,24,25). The smallest absolute Gasteiger partial charge is 0.354 e. The molecular weight excluding hydrogens is 446 g/mol. The van der Waals surface area contributed by atoms with Crippen LogP contribution >= 0.6 is 0 Å². The van der Waals surface area contributed by atoms with Gasteiger partial charge in [-0.15, -0.1) is 0 Å². The number of aryl methyl sites for hydroxylation is 1. The summed E-state index contributed by atoms with van der Waals surface area (Å²) in [6.07, 6.45) is 2.89. The quantitative estimate of drug-likeness (QED) is 0.479. The largest absolute Gasteiger partial charge is 0.461 e. The van der Waals surface area contributed by atoms with Crippen LogP contribution in [0.3, 0.4) is 0 Å². The zero-order valence-corrected chi connectivity index (χ0v) is 19.4. The van der Waals surface area contributed by atoms with E-state index in [1.165, 1.54) is 21.1 Å². The summed E-state index contributed by atoms with van der Waals surface area (Å²) >= 11 is 0. The Morgan fingerprint density at radius 3 is 2.85 bits per heavy atom. The lowest BCUT2D eigenvalue weighted by atomic mass is 10.2. The van der Waals surface area contributed by atoms with Crippen LogP contribution in [0.15, 0.2) is 41.4 Å². The number of hydrogen-bond donors (Lipinski definition) is 2. The predicted octanol–water partition coefficient (Wildman–Crippen LogP) is 1.59. The van der Waals surface area contributed by atoms with E-state index in [1.54, 1.807) is 14.0 Å². The molecule has 2 N–H and O–H groups in total. The normalized spacial score (nSPS) is 16.8. The average molecular weight is 474 g/mol. The van der Waals surface area contributed by atoms with Crippen molar-refractivity contribution in [3.8, 4) is 0 Å². The molecule has 1 aliphatic heterocycles. The Morgan fingerprint density at radius 2 is 2.09 bits per heavy atom. The van der Waals surface area contributed by atoms with Crippen LogP contribution in [0.5, 0.6) is 0 Å². The third kappa shape index (κ3) is 4.64. The van der Waals surface area contributed by atoms with E-state index in [9.17, 15) is 18.0 Å². The zero-order valence-electron chi connectivity index (χ0n) is 18.6. The Balaban J connectivity index is 1.42. The minimum absolute atomic E-state index is 0.0324. The van der Waals surface area contributed by atoms with Crippen LogP contribution in [-0.2, 0) is 33.0 Å². The minimum Gasteiger partial charge on any atom is -0.461 e. The number of carbonyl (C=O) groups excluding carboxylic acids is 2. The fourth-order valence-electron chi connectivity index (χ4n) is 4.05. The number of benzene rings is 1. The topological polar surface area (TPSA) is 126 Å². The molecule has 1 atom stereocenters. The highest BCUT2D eigenvalue weighted by molar-refractivity contribution is 7.89. The summed E-state index contributed by atoms with van der Waals surface area (Å²) in [5, 5.41) is 2.84. The molecule has 1 fully saturated rings. The van der Waals surface area contributed by atoms with Crippen molar-refractivity contribution in [2.45, 2.75) is 37.1 Å². The molecule has 1 amide bonds. The first-order valence-corrected chi connectivity index (χ1v) is 12.3. The van der Waals surface area contributed by atoms with Gasteiger partial charge >= 0.3 is 5.97 Å². The molecule has 3 aromatic rings. The highest BCUT2D eigenvalue weighted by Gasteiger charge is 2.40. The fraction of sp³-hybridized carbons (Fsp3) is 0.409. The summed E-state index contributed by atoms with van der Waals surface area (Å²) in [6.45, 7) is 2.45. The Labute approximate surface area is 192 Å². The van der Waals surface area contributed by atoms with Crippen molar-refractivity contribution in [3.63, 3.8) is 0 Å². The summed E-state index contributed by atoms with van der Waals surface area (Å²) in [4.78, 5) is 32.6. The van der Waals surface area contributed by atoms with Gasteiger partial charge in [-0.2, -0.15) is 4.31 Å². The van der Waals surface area contributed by atoms with Crippen LogP contribution < -0.4 is 5.32 Å². The number of hydrogen-bond acceptors (Lipinski definition) is 6. The first kappa shape index (κ1) is 23.0. The maximum atomic E-state index is 13.3. The van der Waals surface area contributed by atoms with Crippen molar-refractivity contribution in [3.05, 3.63) is 48.0 Å². The van der Waals surface area contributed by atoms with Crippen molar-refractivity contribution < 1.29 is 22.7 Å². The molecule has 3 heterocycles. The van der Waals surface area contributed by atoms with Gasteiger partial charge in [0.1, 0.15) is 22.5 Å². The van der Waals surface area contributed by atoms with Crippen molar-refractivity contribution in [2.24, 2.45) is 7.05 Å². The second kappa shape index (κ2) is 9.36. The van der Waals surface area contributed by atoms with Crippen LogP contribution in [0.4, 0.5) is 0 Å². The van der Waals surface area contributed by atoms with Crippen LogP contribution in [0.2, 0.25) is 0 Å². The Bertz CT molecular complexity index is 1250. The highest BCUT2D eigenvalue weighted by atomic mass is 32.2. The Hall–Kier alpha value is -3.18. The van der Waals surface area contributed by atoms with Crippen LogP contribution in [-0.4, -0.2) is 64.9 Å². The van der Waals surface area contributed by atoms with Gasteiger partial charge in [-0.25, -0.2) is 18.2 Å². The third-order valence-electron chi connectivity index (χ3n) is 5.68. The second-order valence-electron chi connectivity index (χ2n) is 7.91. The van der Waals surface area contributed by atoms with Crippen molar-refractivity contribution in [1.82, 2.24) is 24.2 Å². The van der Waals surface area contributed by atoms with Crippen molar-refractivity contribution in [1.29, 1.82) is 0 Å². The molecule has 10 nitrogen and oxygen atoms in total. The number of H-pyrrole nitrogens is 1. The summed E-state index contributed by atoms with van der Waals surface area (Å²) < 4.78 is 34.1. The number of imidazole rings is 1. The highest BCUT2D eigenvalue weighted by Crippen LogP contribution is 2.27. The molecule has 2 aromatic heterocycles. The molecule has 4 rings (SSSR count). The first-order chi connectivity index (χ1) is 15.8. The van der Waals surface area contributed by atoms with E-state index < -0.39 is 22.0 Å². The fourth-order valence-corrected chi connectivity index (χ4v) is 5.78. The molecule has 1 aromatic carbocycles. The van der Waals surface area contributed by atoms with Gasteiger partial charge in [0.05, 0.1) is 17.6 Å². The summed E-state index contributed by atoms with van der Waals surface area (Å²) in [6, 6.07) is 8.17. The number of fused-ring (bicyclic) bond motifs is 1. The van der Waals surface area contributed by atoms with Gasteiger partial charge in [-0.1, -0.05) is 12.1 Å². The van der Waals surface area contributed by atoms with Gasteiger partial charge in [0.25, 0.3) is 0 Å². The molecule has 0 spiro atoms. The van der Waals surface area contributed by atoms with E-state index in [0.717, 1.165) is 16.9 Å². The van der Waals surface area contributed by atoms with E-state index in [2.05, 4.69) is 15.3 Å². The number of rotatable bonds is 8. The number of carbonyl (C=O) groups is 2. The van der Waals surface area contributed by atoms with E-state index >= 15 is 0 Å². The number of amides is 1. The molecule has 0 radical (unpaired) electrons. The monoisotopic (exact) mass is 473 g/mol. The number of esters is 1. The predicted molar refractivity (Wildman–Crippen MR) is 121 cm³/mol. The van der Waals surface area contributed by atoms with E-state index in [-0.39, 0.29) is 29.6 Å². The lowest BCUT2D eigenvalue weighted by Crippen LogP contribution is -2.46. The summed E-state index contributed by atoms with van der Waals surface area (Å²) in [5.41, 5.74) is 1.93. The van der Waals surface area contributed by atoms with Crippen LogP contribution in [0, 0.1) is 0 Å². The average Bonchev–Trinajstić information content (AvgIpc) is 3.51. The van der Waals surface area contributed by atoms with Gasteiger partial charge in [0.2, 0.25) is 15.9 Å². The molecule has 0 saturated carbocycles. The maximum Gasteiger partial charge on any atom is 0.354 e. The first-order valence-electron chi connectivity index (χ1n) is 10.9. The maximum absolute atomic E-state index is 13.3. The van der Waals surface area contributed by atoms with Crippen LogP contribution in [0.25, 0.3) is 11.0 Å². The number of nitrogens with one attached hydrogen (secondary N) is 2. The van der Waals surface area contributed by atoms with Crippen LogP contribution in [0.1, 0.15) is 36.1 Å². The number of aromatic nitrogens is 3. The van der Waals surface area contributed by atoms with E-state index in [1.807, 2.05) is 24.3 Å². The summed E-state index contributed by atoms with van der Waals surface area (Å²) in [5.74, 6) is -0.181. The van der Waals surface area contributed by atoms with Gasteiger partial charge < -0.3 is 19.6 Å². The van der Waals surface area contributed by atoms with E-state index in [4.69, 9.17) is 4.74 Å². The van der Waals surface area contributed by atoms with Crippen molar-refractivity contribution in [2.75, 3.05) is 19.7 Å². The molecular formula is C22H27N5O5S.